The molecule has 188 valence electrons. The van der Waals surface area contributed by atoms with Gasteiger partial charge in [0, 0.05) is 31.8 Å². The molecule has 9 heteroatoms. The van der Waals surface area contributed by atoms with Gasteiger partial charge in [-0.3, -0.25) is 9.59 Å². The molecule has 1 aromatic rings. The molecule has 0 saturated carbocycles. The van der Waals surface area contributed by atoms with Crippen LogP contribution >= 0.6 is 0 Å². The summed E-state index contributed by atoms with van der Waals surface area (Å²) in [5.41, 5.74) is 0.924. The van der Waals surface area contributed by atoms with E-state index in [0.717, 1.165) is 5.56 Å². The van der Waals surface area contributed by atoms with E-state index in [-0.39, 0.29) is 37.4 Å². The van der Waals surface area contributed by atoms with Crippen LogP contribution in [-0.2, 0) is 30.4 Å². The summed E-state index contributed by atoms with van der Waals surface area (Å²) < 4.78 is 16.2. The van der Waals surface area contributed by atoms with Gasteiger partial charge in [-0.2, -0.15) is 0 Å². The Hall–Kier alpha value is -3.17. The first-order valence-electron chi connectivity index (χ1n) is 11.9. The van der Waals surface area contributed by atoms with Crippen molar-refractivity contribution in [3.63, 3.8) is 0 Å². The molecule has 2 saturated heterocycles. The van der Waals surface area contributed by atoms with Gasteiger partial charge in [0.15, 0.2) is 0 Å². The summed E-state index contributed by atoms with van der Waals surface area (Å²) in [5, 5.41) is 2.75. The average molecular weight is 484 g/mol. The quantitative estimate of drug-likeness (QED) is 0.690. The minimum absolute atomic E-state index is 0.0858. The van der Waals surface area contributed by atoms with E-state index in [9.17, 15) is 14.4 Å². The molecule has 9 nitrogen and oxygen atoms in total. The van der Waals surface area contributed by atoms with Crippen molar-refractivity contribution in [3.8, 4) is 0 Å². The molecular weight excluding hydrogens is 450 g/mol. The molecule has 1 N–H and O–H groups in total. The van der Waals surface area contributed by atoms with E-state index in [1.807, 2.05) is 57.2 Å². The van der Waals surface area contributed by atoms with Crippen molar-refractivity contribution in [1.82, 2.24) is 15.1 Å². The lowest BCUT2D eigenvalue weighted by Crippen LogP contribution is -2.59. The highest BCUT2D eigenvalue weighted by Crippen LogP contribution is 2.25. The number of piperazine rings is 1. The van der Waals surface area contributed by atoms with Crippen LogP contribution in [0.3, 0.4) is 0 Å². The highest BCUT2D eigenvalue weighted by atomic mass is 16.7. The topological polar surface area (TPSA) is 97.4 Å². The van der Waals surface area contributed by atoms with Crippen molar-refractivity contribution in [1.29, 1.82) is 0 Å². The molecule has 2 fully saturated rings. The monoisotopic (exact) mass is 483 g/mol. The van der Waals surface area contributed by atoms with E-state index in [1.54, 1.807) is 22.0 Å². The standard InChI is InChI=1S/C26H33N3O6/c1-26(2,3)22(27-25(32)33-16-18-7-5-4-6-8-18)24(31)29-13-11-28(12-14-29)23(30)19-9-10-20-21(15-19)35-17-34-20/h4-10,15,20-22H,11-14,16-17H2,1-3H3,(H,27,32)/t20?,21?,22-/m1/s1. The van der Waals surface area contributed by atoms with Gasteiger partial charge in [0.05, 0.1) is 0 Å². The van der Waals surface area contributed by atoms with Crippen molar-refractivity contribution < 1.29 is 28.6 Å². The van der Waals surface area contributed by atoms with Crippen LogP contribution in [0.15, 0.2) is 54.1 Å². The number of benzene rings is 1. The van der Waals surface area contributed by atoms with Crippen LogP contribution in [0.25, 0.3) is 0 Å². The molecule has 4 rings (SSSR count). The highest BCUT2D eigenvalue weighted by molar-refractivity contribution is 5.97. The molecule has 0 radical (unpaired) electrons. The molecule has 0 spiro atoms. The number of carbonyl (C=O) groups is 3. The zero-order valence-corrected chi connectivity index (χ0v) is 20.4. The third-order valence-electron chi connectivity index (χ3n) is 6.37. The van der Waals surface area contributed by atoms with Crippen LogP contribution in [0.2, 0.25) is 0 Å². The zero-order valence-electron chi connectivity index (χ0n) is 20.4. The Morgan fingerprint density at radius 1 is 1.03 bits per heavy atom. The number of ether oxygens (including phenoxy) is 3. The van der Waals surface area contributed by atoms with Gasteiger partial charge in [0.2, 0.25) is 5.91 Å². The number of hydrogen-bond acceptors (Lipinski definition) is 6. The van der Waals surface area contributed by atoms with Crippen LogP contribution < -0.4 is 5.32 Å². The predicted octanol–water partition coefficient (Wildman–Crippen LogP) is 2.24. The Morgan fingerprint density at radius 2 is 1.69 bits per heavy atom. The van der Waals surface area contributed by atoms with Crippen molar-refractivity contribution in [3.05, 3.63) is 59.7 Å². The van der Waals surface area contributed by atoms with Crippen molar-refractivity contribution in [2.45, 2.75) is 45.6 Å². The van der Waals surface area contributed by atoms with E-state index in [4.69, 9.17) is 14.2 Å². The fraction of sp³-hybridized carbons (Fsp3) is 0.500. The average Bonchev–Trinajstić information content (AvgIpc) is 3.33. The van der Waals surface area contributed by atoms with Crippen molar-refractivity contribution in [2.24, 2.45) is 5.41 Å². The SMILES string of the molecule is CC(C)(C)[C@H](NC(=O)OCc1ccccc1)C(=O)N1CCN(C(=O)C2=CC3OCOC3C=C2)CC1. The normalized spacial score (nSPS) is 22.8. The second kappa shape index (κ2) is 10.6. The predicted molar refractivity (Wildman–Crippen MR) is 128 cm³/mol. The Kier molecular flexibility index (Phi) is 7.57. The first kappa shape index (κ1) is 24.9. The largest absolute Gasteiger partial charge is 0.445 e. The second-order valence-electron chi connectivity index (χ2n) is 9.98. The maximum atomic E-state index is 13.4. The van der Waals surface area contributed by atoms with Gasteiger partial charge in [-0.1, -0.05) is 63.3 Å². The van der Waals surface area contributed by atoms with Gasteiger partial charge in [-0.05, 0) is 17.1 Å². The number of hydrogen-bond donors (Lipinski definition) is 1. The number of fused-ring (bicyclic) bond motifs is 1. The zero-order chi connectivity index (χ0) is 25.0. The number of rotatable bonds is 5. The summed E-state index contributed by atoms with van der Waals surface area (Å²) in [4.78, 5) is 42.2. The van der Waals surface area contributed by atoms with Crippen molar-refractivity contribution >= 4 is 17.9 Å². The molecular formula is C26H33N3O6. The summed E-state index contributed by atoms with van der Waals surface area (Å²) >= 11 is 0. The van der Waals surface area contributed by atoms with Crippen LogP contribution in [0, 0.1) is 5.41 Å². The van der Waals surface area contributed by atoms with Gasteiger partial charge < -0.3 is 29.3 Å². The fourth-order valence-electron chi connectivity index (χ4n) is 4.29. The third kappa shape index (κ3) is 6.10. The number of nitrogens with one attached hydrogen (secondary N) is 1. The van der Waals surface area contributed by atoms with Crippen LogP contribution in [0.4, 0.5) is 4.79 Å². The third-order valence-corrected chi connectivity index (χ3v) is 6.37. The minimum atomic E-state index is -0.756. The summed E-state index contributed by atoms with van der Waals surface area (Å²) in [6.45, 7) is 7.65. The highest BCUT2D eigenvalue weighted by Gasteiger charge is 2.38. The van der Waals surface area contributed by atoms with Gasteiger partial charge in [0.1, 0.15) is 31.6 Å². The molecule has 3 atom stereocenters. The van der Waals surface area contributed by atoms with Gasteiger partial charge >= 0.3 is 6.09 Å². The molecule has 3 aliphatic rings. The minimum Gasteiger partial charge on any atom is -0.445 e. The van der Waals surface area contributed by atoms with Crippen LogP contribution in [0.5, 0.6) is 0 Å². The lowest BCUT2D eigenvalue weighted by atomic mass is 9.85. The molecule has 3 amide bonds. The van der Waals surface area contributed by atoms with E-state index < -0.39 is 17.6 Å². The second-order valence-corrected chi connectivity index (χ2v) is 9.98. The van der Waals surface area contributed by atoms with E-state index >= 15 is 0 Å². The van der Waals surface area contributed by atoms with Crippen LogP contribution in [-0.4, -0.2) is 78.9 Å². The summed E-state index contributed by atoms with van der Waals surface area (Å²) in [6, 6.07) is 8.61. The van der Waals surface area contributed by atoms with E-state index in [1.165, 1.54) is 0 Å². The molecule has 0 bridgehead atoms. The molecule has 2 aliphatic heterocycles. The summed E-state index contributed by atoms with van der Waals surface area (Å²) in [7, 11) is 0. The fourth-order valence-corrected chi connectivity index (χ4v) is 4.29. The lowest BCUT2D eigenvalue weighted by molar-refractivity contribution is -0.141. The summed E-state index contributed by atoms with van der Waals surface area (Å²) in [6.07, 6.45) is 4.42. The van der Waals surface area contributed by atoms with Gasteiger partial charge in [-0.25, -0.2) is 4.79 Å². The number of nitrogens with zero attached hydrogens (tertiary/aromatic N) is 2. The molecule has 1 aromatic carbocycles. The number of alkyl carbamates (subject to hydrolysis) is 1. The smallest absolute Gasteiger partial charge is 0.408 e. The number of amides is 3. The Morgan fingerprint density at radius 3 is 2.37 bits per heavy atom. The Bertz CT molecular complexity index is 992. The van der Waals surface area contributed by atoms with Crippen LogP contribution in [0.1, 0.15) is 26.3 Å². The first-order chi connectivity index (χ1) is 16.7. The Balaban J connectivity index is 1.31. The molecule has 1 aliphatic carbocycles. The molecule has 2 unspecified atom stereocenters. The molecule has 35 heavy (non-hydrogen) atoms. The van der Waals surface area contributed by atoms with E-state index in [0.29, 0.717) is 31.8 Å². The van der Waals surface area contributed by atoms with Crippen molar-refractivity contribution in [2.75, 3.05) is 33.0 Å². The Labute approximate surface area is 205 Å². The molecule has 2 heterocycles. The maximum absolute atomic E-state index is 13.4. The van der Waals surface area contributed by atoms with Gasteiger partial charge in [0.25, 0.3) is 5.91 Å². The maximum Gasteiger partial charge on any atom is 0.408 e. The van der Waals surface area contributed by atoms with E-state index in [2.05, 4.69) is 5.32 Å². The molecule has 0 aromatic heterocycles. The van der Waals surface area contributed by atoms with Gasteiger partial charge in [-0.15, -0.1) is 0 Å². The summed E-state index contributed by atoms with van der Waals surface area (Å²) in [5.74, 6) is -0.269. The first-order valence-corrected chi connectivity index (χ1v) is 11.9. The number of carbonyl (C=O) groups excluding carboxylic acids is 3. The lowest BCUT2D eigenvalue weighted by Gasteiger charge is -2.39.